The Hall–Kier alpha value is -2.11. The van der Waals surface area contributed by atoms with Crippen LogP contribution in [0, 0.1) is 5.82 Å². The summed E-state index contributed by atoms with van der Waals surface area (Å²) >= 11 is 0. The number of benzene rings is 1. The van der Waals surface area contributed by atoms with Crippen molar-refractivity contribution in [3.8, 4) is 0 Å². The van der Waals surface area contributed by atoms with E-state index in [1.165, 1.54) is 23.1 Å². The van der Waals surface area contributed by atoms with E-state index in [0.29, 0.717) is 19.4 Å². The molecule has 1 aromatic carbocycles. The molecule has 3 N–H and O–H groups in total. The van der Waals surface area contributed by atoms with Crippen LogP contribution in [0.3, 0.4) is 0 Å². The van der Waals surface area contributed by atoms with Crippen LogP contribution >= 0.6 is 0 Å². The lowest BCUT2D eigenvalue weighted by atomic mass is 10.1. The van der Waals surface area contributed by atoms with Gasteiger partial charge in [-0.25, -0.2) is 9.18 Å². The zero-order valence-corrected chi connectivity index (χ0v) is 9.60. The molecule has 6 heteroatoms. The number of nitrogens with two attached hydrogens (primary N) is 1. The van der Waals surface area contributed by atoms with Crippen molar-refractivity contribution in [3.63, 3.8) is 0 Å². The van der Waals surface area contributed by atoms with Crippen molar-refractivity contribution in [1.29, 1.82) is 0 Å². The minimum atomic E-state index is -1.06. The van der Waals surface area contributed by atoms with Crippen LogP contribution in [0.5, 0.6) is 0 Å². The molecular formula is C12H13FN2O3. The Balaban J connectivity index is 2.31. The van der Waals surface area contributed by atoms with E-state index in [0.717, 1.165) is 0 Å². The quantitative estimate of drug-likeness (QED) is 0.772. The number of nitrogens with zero attached hydrogens (tertiary/aromatic N) is 1. The van der Waals surface area contributed by atoms with Crippen molar-refractivity contribution in [2.75, 3.05) is 12.3 Å². The molecule has 1 aromatic rings. The number of aliphatic carboxylic acids is 1. The number of amides is 1. The largest absolute Gasteiger partial charge is 0.480 e. The molecule has 0 unspecified atom stereocenters. The molecule has 18 heavy (non-hydrogen) atoms. The van der Waals surface area contributed by atoms with Crippen molar-refractivity contribution in [2.24, 2.45) is 0 Å². The first-order valence-electron chi connectivity index (χ1n) is 5.60. The monoisotopic (exact) mass is 252 g/mol. The smallest absolute Gasteiger partial charge is 0.326 e. The van der Waals surface area contributed by atoms with Crippen LogP contribution in [0.25, 0.3) is 0 Å². The van der Waals surface area contributed by atoms with Gasteiger partial charge in [0.05, 0.1) is 11.3 Å². The summed E-state index contributed by atoms with van der Waals surface area (Å²) in [5, 5.41) is 8.99. The molecular weight excluding hydrogens is 239 g/mol. The molecule has 1 heterocycles. The van der Waals surface area contributed by atoms with Gasteiger partial charge in [0.25, 0.3) is 5.91 Å². The molecule has 1 atom stereocenters. The summed E-state index contributed by atoms with van der Waals surface area (Å²) in [6.07, 6.45) is 0.998. The van der Waals surface area contributed by atoms with Crippen molar-refractivity contribution in [3.05, 3.63) is 29.6 Å². The van der Waals surface area contributed by atoms with Crippen LogP contribution in [0.2, 0.25) is 0 Å². The van der Waals surface area contributed by atoms with Gasteiger partial charge in [-0.1, -0.05) is 6.07 Å². The van der Waals surface area contributed by atoms with Gasteiger partial charge in [0.1, 0.15) is 6.04 Å². The number of likely N-dealkylation sites (tertiary alicyclic amines) is 1. The van der Waals surface area contributed by atoms with E-state index in [1.807, 2.05) is 0 Å². The molecule has 0 spiro atoms. The molecule has 0 aromatic heterocycles. The van der Waals surface area contributed by atoms with E-state index < -0.39 is 23.7 Å². The van der Waals surface area contributed by atoms with Crippen LogP contribution in [0.4, 0.5) is 10.1 Å². The standard InChI is InChI=1S/C12H13FN2O3/c13-10-7(3-1-4-8(10)14)11(16)15-6-2-5-9(15)12(17)18/h1,3-4,9H,2,5-6,14H2,(H,17,18)/t9-/m0/s1. The fraction of sp³-hybridized carbons (Fsp3) is 0.333. The highest BCUT2D eigenvalue weighted by molar-refractivity contribution is 5.97. The Kier molecular flexibility index (Phi) is 3.18. The van der Waals surface area contributed by atoms with Gasteiger partial charge in [-0.3, -0.25) is 4.79 Å². The van der Waals surface area contributed by atoms with Crippen LogP contribution in [0.15, 0.2) is 18.2 Å². The van der Waals surface area contributed by atoms with Crippen LogP contribution < -0.4 is 5.73 Å². The Morgan fingerprint density at radius 2 is 2.17 bits per heavy atom. The van der Waals surface area contributed by atoms with Crippen molar-refractivity contribution >= 4 is 17.6 Å². The lowest BCUT2D eigenvalue weighted by Crippen LogP contribution is -2.40. The first-order valence-corrected chi connectivity index (χ1v) is 5.60. The number of carboxylic acids is 1. The summed E-state index contributed by atoms with van der Waals surface area (Å²) in [5.74, 6) is -2.48. The molecule has 0 radical (unpaired) electrons. The molecule has 1 amide bonds. The lowest BCUT2D eigenvalue weighted by Gasteiger charge is -2.21. The predicted octanol–water partition coefficient (Wildman–Crippen LogP) is 1.10. The average molecular weight is 252 g/mol. The first kappa shape index (κ1) is 12.3. The number of hydrogen-bond donors (Lipinski definition) is 2. The van der Waals surface area contributed by atoms with Crippen LogP contribution in [0.1, 0.15) is 23.2 Å². The van der Waals surface area contributed by atoms with Crippen LogP contribution in [-0.2, 0) is 4.79 Å². The van der Waals surface area contributed by atoms with Gasteiger partial charge < -0.3 is 15.7 Å². The highest BCUT2D eigenvalue weighted by Gasteiger charge is 2.35. The normalized spacial score (nSPS) is 18.9. The molecule has 2 rings (SSSR count). The SMILES string of the molecule is Nc1cccc(C(=O)N2CCC[C@H]2C(=O)O)c1F. The maximum atomic E-state index is 13.7. The number of carbonyl (C=O) groups excluding carboxylic acids is 1. The second kappa shape index (κ2) is 4.64. The summed E-state index contributed by atoms with van der Waals surface area (Å²) in [6.45, 7) is 0.323. The highest BCUT2D eigenvalue weighted by Crippen LogP contribution is 2.23. The first-order chi connectivity index (χ1) is 8.52. The second-order valence-corrected chi connectivity index (χ2v) is 4.20. The maximum absolute atomic E-state index is 13.7. The average Bonchev–Trinajstić information content (AvgIpc) is 2.81. The van der Waals surface area contributed by atoms with Crippen molar-refractivity contribution in [1.82, 2.24) is 4.90 Å². The number of anilines is 1. The lowest BCUT2D eigenvalue weighted by molar-refractivity contribution is -0.141. The highest BCUT2D eigenvalue weighted by atomic mass is 19.1. The maximum Gasteiger partial charge on any atom is 0.326 e. The van der Waals surface area contributed by atoms with E-state index in [4.69, 9.17) is 10.8 Å². The third-order valence-electron chi connectivity index (χ3n) is 3.06. The Morgan fingerprint density at radius 1 is 1.44 bits per heavy atom. The molecule has 0 aliphatic carbocycles. The van der Waals surface area contributed by atoms with Gasteiger partial charge in [-0.15, -0.1) is 0 Å². The Bertz CT molecular complexity index is 504. The zero-order valence-electron chi connectivity index (χ0n) is 9.60. The number of halogens is 1. The topological polar surface area (TPSA) is 83.6 Å². The molecule has 5 nitrogen and oxygen atoms in total. The van der Waals surface area contributed by atoms with E-state index in [2.05, 4.69) is 0 Å². The number of carboxylic acid groups (broad SMARTS) is 1. The van der Waals surface area contributed by atoms with E-state index in [1.54, 1.807) is 0 Å². The van der Waals surface area contributed by atoms with E-state index in [-0.39, 0.29) is 11.3 Å². The minimum Gasteiger partial charge on any atom is -0.480 e. The second-order valence-electron chi connectivity index (χ2n) is 4.20. The van der Waals surface area contributed by atoms with E-state index in [9.17, 15) is 14.0 Å². The number of nitrogen functional groups attached to an aromatic ring is 1. The summed E-state index contributed by atoms with van der Waals surface area (Å²) in [5.41, 5.74) is 5.09. The fourth-order valence-electron chi connectivity index (χ4n) is 2.14. The fourth-order valence-corrected chi connectivity index (χ4v) is 2.14. The molecule has 1 saturated heterocycles. The third-order valence-corrected chi connectivity index (χ3v) is 3.06. The number of carbonyl (C=O) groups is 2. The van der Waals surface area contributed by atoms with Gasteiger partial charge in [-0.05, 0) is 25.0 Å². The molecule has 1 fully saturated rings. The number of rotatable bonds is 2. The molecule has 96 valence electrons. The predicted molar refractivity (Wildman–Crippen MR) is 62.5 cm³/mol. The van der Waals surface area contributed by atoms with E-state index >= 15 is 0 Å². The van der Waals surface area contributed by atoms with Crippen molar-refractivity contribution < 1.29 is 19.1 Å². The van der Waals surface area contributed by atoms with Gasteiger partial charge in [0, 0.05) is 6.54 Å². The summed E-state index contributed by atoms with van der Waals surface area (Å²) in [4.78, 5) is 24.3. The Morgan fingerprint density at radius 3 is 2.83 bits per heavy atom. The molecule has 1 aliphatic heterocycles. The molecule has 0 bridgehead atoms. The molecule has 0 saturated carbocycles. The minimum absolute atomic E-state index is 0.119. The summed E-state index contributed by atoms with van der Waals surface area (Å²) < 4.78 is 13.7. The molecule has 1 aliphatic rings. The number of hydrogen-bond acceptors (Lipinski definition) is 3. The zero-order chi connectivity index (χ0) is 13.3. The van der Waals surface area contributed by atoms with Gasteiger partial charge in [-0.2, -0.15) is 0 Å². The van der Waals surface area contributed by atoms with Gasteiger partial charge in [0.2, 0.25) is 0 Å². The summed E-state index contributed by atoms with van der Waals surface area (Å²) in [7, 11) is 0. The Labute approximate surface area is 103 Å². The van der Waals surface area contributed by atoms with Gasteiger partial charge in [0.15, 0.2) is 5.82 Å². The van der Waals surface area contributed by atoms with Gasteiger partial charge >= 0.3 is 5.97 Å². The summed E-state index contributed by atoms with van der Waals surface area (Å²) in [6, 6.07) is 3.26. The van der Waals surface area contributed by atoms with Crippen molar-refractivity contribution in [2.45, 2.75) is 18.9 Å². The van der Waals surface area contributed by atoms with Crippen LogP contribution in [-0.4, -0.2) is 34.5 Å². The third kappa shape index (κ3) is 2.01.